The van der Waals surface area contributed by atoms with Gasteiger partial charge >= 0.3 is 0 Å². The third kappa shape index (κ3) is 10.0. The summed E-state index contributed by atoms with van der Waals surface area (Å²) in [5.74, 6) is 1.71. The Hall–Kier alpha value is -0.780. The molecule has 0 bridgehead atoms. The van der Waals surface area contributed by atoms with Crippen molar-refractivity contribution in [2.24, 2.45) is 5.41 Å². The van der Waals surface area contributed by atoms with Crippen molar-refractivity contribution in [3.05, 3.63) is 10.8 Å². The van der Waals surface area contributed by atoms with Gasteiger partial charge in [-0.05, 0) is 12.8 Å². The molecule has 0 radical (unpaired) electrons. The molecule has 0 aliphatic carbocycles. The summed E-state index contributed by atoms with van der Waals surface area (Å²) in [4.78, 5) is 0. The normalized spacial score (nSPS) is 15.3. The molecule has 0 atom stereocenters. The van der Waals surface area contributed by atoms with E-state index < -0.39 is 0 Å². The average molecular weight is 441 g/mol. The van der Waals surface area contributed by atoms with E-state index in [1.54, 1.807) is 11.3 Å². The zero-order chi connectivity index (χ0) is 21.3. The van der Waals surface area contributed by atoms with Gasteiger partial charge in [0, 0.05) is 24.0 Å². The van der Waals surface area contributed by atoms with E-state index in [4.69, 9.17) is 18.9 Å². The summed E-state index contributed by atoms with van der Waals surface area (Å²) < 4.78 is 24.3. The predicted octanol–water partition coefficient (Wildman–Crippen LogP) is 7.26. The molecule has 0 fully saturated rings. The number of rotatable bonds is 18. The lowest BCUT2D eigenvalue weighted by atomic mass is 9.92. The van der Waals surface area contributed by atoms with E-state index in [-0.39, 0.29) is 5.41 Å². The van der Waals surface area contributed by atoms with Gasteiger partial charge in [-0.1, -0.05) is 78.1 Å². The van der Waals surface area contributed by atoms with Crippen LogP contribution < -0.4 is 9.47 Å². The third-order valence-electron chi connectivity index (χ3n) is 5.76. The fourth-order valence-electron chi connectivity index (χ4n) is 3.74. The highest BCUT2D eigenvalue weighted by atomic mass is 32.1. The molecule has 1 aromatic heterocycles. The summed E-state index contributed by atoms with van der Waals surface area (Å²) in [5.41, 5.74) is -0.235. The molecule has 2 heterocycles. The maximum absolute atomic E-state index is 6.10. The van der Waals surface area contributed by atoms with Gasteiger partial charge in [0.15, 0.2) is 11.5 Å². The van der Waals surface area contributed by atoms with Gasteiger partial charge in [0.05, 0.1) is 18.6 Å². The van der Waals surface area contributed by atoms with Crippen molar-refractivity contribution < 1.29 is 18.9 Å². The van der Waals surface area contributed by atoms with Crippen molar-refractivity contribution in [1.82, 2.24) is 0 Å². The summed E-state index contributed by atoms with van der Waals surface area (Å²) in [7, 11) is 0. The summed E-state index contributed by atoms with van der Waals surface area (Å²) in [6, 6.07) is 0. The Kier molecular flexibility index (Phi) is 13.5. The van der Waals surface area contributed by atoms with Crippen LogP contribution in [0.25, 0.3) is 0 Å². The first-order valence-corrected chi connectivity index (χ1v) is 13.2. The monoisotopic (exact) mass is 440 g/mol. The molecule has 1 aromatic rings. The number of thiophene rings is 1. The molecule has 174 valence electrons. The van der Waals surface area contributed by atoms with Gasteiger partial charge in [-0.25, -0.2) is 0 Å². The minimum atomic E-state index is -0.235. The Morgan fingerprint density at radius 2 is 1.13 bits per heavy atom. The van der Waals surface area contributed by atoms with Crippen LogP contribution in [-0.4, -0.2) is 39.6 Å². The molecular formula is C25H44O4S. The molecule has 0 spiro atoms. The average Bonchev–Trinajstić information content (AvgIpc) is 3.15. The second kappa shape index (κ2) is 15.9. The summed E-state index contributed by atoms with van der Waals surface area (Å²) in [6.45, 7) is 8.57. The number of hydrogen-bond acceptors (Lipinski definition) is 5. The van der Waals surface area contributed by atoms with Crippen molar-refractivity contribution in [1.29, 1.82) is 0 Å². The minimum absolute atomic E-state index is 0.235. The van der Waals surface area contributed by atoms with Crippen LogP contribution in [-0.2, 0) is 9.47 Å². The van der Waals surface area contributed by atoms with Crippen molar-refractivity contribution in [3.63, 3.8) is 0 Å². The number of hydrogen-bond donors (Lipinski definition) is 0. The Labute approximate surface area is 188 Å². The van der Waals surface area contributed by atoms with Gasteiger partial charge in [-0.3, -0.25) is 0 Å². The molecule has 1 aliphatic rings. The first-order valence-electron chi connectivity index (χ1n) is 12.3. The Morgan fingerprint density at radius 3 is 1.60 bits per heavy atom. The van der Waals surface area contributed by atoms with Crippen LogP contribution in [0.4, 0.5) is 0 Å². The number of fused-ring (bicyclic) bond motifs is 1. The number of ether oxygens (including phenoxy) is 4. The molecule has 0 saturated carbocycles. The first-order chi connectivity index (χ1) is 14.8. The molecular weight excluding hydrogens is 396 g/mol. The fraction of sp³-hybridized carbons (Fsp3) is 0.840. The molecule has 0 amide bonds. The molecule has 0 unspecified atom stereocenters. The standard InChI is InChI=1S/C25H44O4S/c1-3-5-7-9-11-13-15-26-19-25(20-27-16-14-12-10-8-6-4-2)21-28-23-17-30-18-24(23)29-22-25/h17-18H,3-16,19-22H2,1-2H3. The lowest BCUT2D eigenvalue weighted by molar-refractivity contribution is -0.0605. The highest BCUT2D eigenvalue weighted by Gasteiger charge is 2.36. The van der Waals surface area contributed by atoms with E-state index in [0.29, 0.717) is 26.4 Å². The highest BCUT2D eigenvalue weighted by molar-refractivity contribution is 7.08. The second-order valence-electron chi connectivity index (χ2n) is 8.82. The van der Waals surface area contributed by atoms with Crippen molar-refractivity contribution in [2.75, 3.05) is 39.6 Å². The van der Waals surface area contributed by atoms with E-state index in [1.807, 2.05) is 10.8 Å². The van der Waals surface area contributed by atoms with Crippen molar-refractivity contribution >= 4 is 11.3 Å². The minimum Gasteiger partial charge on any atom is -0.488 e. The molecule has 0 N–H and O–H groups in total. The first kappa shape index (κ1) is 25.5. The smallest absolute Gasteiger partial charge is 0.171 e. The molecule has 0 saturated heterocycles. The van der Waals surface area contributed by atoms with Gasteiger partial charge in [-0.15, -0.1) is 11.3 Å². The lowest BCUT2D eigenvalue weighted by Gasteiger charge is -2.30. The lowest BCUT2D eigenvalue weighted by Crippen LogP contribution is -2.42. The van der Waals surface area contributed by atoms with Gasteiger partial charge < -0.3 is 18.9 Å². The van der Waals surface area contributed by atoms with Crippen LogP contribution in [0.1, 0.15) is 90.9 Å². The van der Waals surface area contributed by atoms with Gasteiger partial charge in [0.2, 0.25) is 0 Å². The molecule has 2 rings (SSSR count). The number of unbranched alkanes of at least 4 members (excludes halogenated alkanes) is 10. The van der Waals surface area contributed by atoms with Crippen LogP contribution in [0.2, 0.25) is 0 Å². The highest BCUT2D eigenvalue weighted by Crippen LogP contribution is 2.37. The zero-order valence-corrected chi connectivity index (χ0v) is 20.2. The second-order valence-corrected chi connectivity index (χ2v) is 9.56. The summed E-state index contributed by atoms with van der Waals surface area (Å²) in [5, 5.41) is 4.03. The van der Waals surface area contributed by atoms with Crippen LogP contribution in [0.5, 0.6) is 11.5 Å². The molecule has 1 aliphatic heterocycles. The van der Waals surface area contributed by atoms with Crippen molar-refractivity contribution in [3.8, 4) is 11.5 Å². The maximum Gasteiger partial charge on any atom is 0.171 e. The van der Waals surface area contributed by atoms with Crippen molar-refractivity contribution in [2.45, 2.75) is 90.9 Å². The van der Waals surface area contributed by atoms with E-state index in [2.05, 4.69) is 13.8 Å². The van der Waals surface area contributed by atoms with E-state index in [1.165, 1.54) is 64.2 Å². The quantitative estimate of drug-likeness (QED) is 0.225. The van der Waals surface area contributed by atoms with Crippen LogP contribution in [0, 0.1) is 5.41 Å². The molecule has 0 aromatic carbocycles. The fourth-order valence-corrected chi connectivity index (χ4v) is 4.43. The van der Waals surface area contributed by atoms with E-state index in [9.17, 15) is 0 Å². The van der Waals surface area contributed by atoms with Crippen LogP contribution >= 0.6 is 11.3 Å². The van der Waals surface area contributed by atoms with Gasteiger partial charge in [0.1, 0.15) is 13.2 Å². The van der Waals surface area contributed by atoms with E-state index in [0.717, 1.165) is 37.6 Å². The Bertz CT molecular complexity index is 486. The third-order valence-corrected chi connectivity index (χ3v) is 6.46. The zero-order valence-electron chi connectivity index (χ0n) is 19.4. The van der Waals surface area contributed by atoms with Crippen LogP contribution in [0.15, 0.2) is 10.8 Å². The largest absolute Gasteiger partial charge is 0.488 e. The van der Waals surface area contributed by atoms with E-state index >= 15 is 0 Å². The summed E-state index contributed by atoms with van der Waals surface area (Å²) >= 11 is 1.62. The maximum atomic E-state index is 6.10. The Morgan fingerprint density at radius 1 is 0.700 bits per heavy atom. The van der Waals surface area contributed by atoms with Crippen LogP contribution in [0.3, 0.4) is 0 Å². The molecule has 30 heavy (non-hydrogen) atoms. The predicted molar refractivity (Wildman–Crippen MR) is 126 cm³/mol. The SMILES string of the molecule is CCCCCCCCOCC1(COCCCCCCCC)COc2cscc2OC1. The topological polar surface area (TPSA) is 36.9 Å². The summed E-state index contributed by atoms with van der Waals surface area (Å²) in [6.07, 6.45) is 15.4. The molecule has 4 nitrogen and oxygen atoms in total. The van der Waals surface area contributed by atoms with Gasteiger partial charge in [-0.2, -0.15) is 0 Å². The molecule has 5 heteroatoms. The van der Waals surface area contributed by atoms with Gasteiger partial charge in [0.25, 0.3) is 0 Å². The Balaban J connectivity index is 1.70.